The van der Waals surface area contributed by atoms with Gasteiger partial charge in [-0.15, -0.1) is 0 Å². The van der Waals surface area contributed by atoms with Gasteiger partial charge in [0.25, 0.3) is 0 Å². The summed E-state index contributed by atoms with van der Waals surface area (Å²) < 4.78 is 0. The Kier molecular flexibility index (Phi) is 11.8. The average Bonchev–Trinajstić information content (AvgIpc) is 2.80. The quantitative estimate of drug-likeness (QED) is 0.180. The molecule has 0 heterocycles. The predicted molar refractivity (Wildman–Crippen MR) is 130 cm³/mol. The zero-order valence-corrected chi connectivity index (χ0v) is 20.9. The molecular weight excluding hydrogens is 472 g/mol. The van der Waals surface area contributed by atoms with Gasteiger partial charge in [0.1, 0.15) is 23.9 Å². The number of benzene rings is 1. The fraction of sp³-hybridized carbons (Fsp3) is 0.542. The summed E-state index contributed by atoms with van der Waals surface area (Å²) in [5.41, 5.74) is 6.66. The van der Waals surface area contributed by atoms with E-state index in [1.165, 1.54) is 12.1 Å². The summed E-state index contributed by atoms with van der Waals surface area (Å²) in [5, 5.41) is 35.2. The van der Waals surface area contributed by atoms with E-state index in [1.807, 2.05) is 0 Å². The molecule has 0 bridgehead atoms. The Hall–Kier alpha value is -3.67. The summed E-state index contributed by atoms with van der Waals surface area (Å²) in [6, 6.07) is 1.12. The van der Waals surface area contributed by atoms with Crippen LogP contribution in [0.2, 0.25) is 0 Å². The van der Waals surface area contributed by atoms with Crippen LogP contribution in [0.5, 0.6) is 5.75 Å². The summed E-state index contributed by atoms with van der Waals surface area (Å²) in [6.45, 7) is 6.65. The molecule has 200 valence electrons. The third-order valence-electron chi connectivity index (χ3n) is 5.76. The van der Waals surface area contributed by atoms with Crippen molar-refractivity contribution in [1.29, 1.82) is 0 Å². The second-order valence-electron chi connectivity index (χ2n) is 9.08. The Morgan fingerprint density at radius 3 is 1.89 bits per heavy atom. The summed E-state index contributed by atoms with van der Waals surface area (Å²) in [4.78, 5) is 61.2. The highest BCUT2D eigenvalue weighted by Gasteiger charge is 2.33. The monoisotopic (exact) mass is 508 g/mol. The van der Waals surface area contributed by atoms with Gasteiger partial charge in [0.05, 0.1) is 12.5 Å². The van der Waals surface area contributed by atoms with E-state index in [-0.39, 0.29) is 12.2 Å². The Labute approximate surface area is 209 Å². The van der Waals surface area contributed by atoms with Crippen molar-refractivity contribution in [3.8, 4) is 5.75 Å². The van der Waals surface area contributed by atoms with Crippen molar-refractivity contribution in [3.63, 3.8) is 0 Å². The maximum atomic E-state index is 13.0. The van der Waals surface area contributed by atoms with Gasteiger partial charge in [-0.25, -0.2) is 4.79 Å². The average molecular weight is 509 g/mol. The van der Waals surface area contributed by atoms with Gasteiger partial charge in [0.15, 0.2) is 0 Å². The molecule has 0 aliphatic rings. The third-order valence-corrected chi connectivity index (χ3v) is 5.76. The lowest BCUT2D eigenvalue weighted by Gasteiger charge is -2.27. The van der Waals surface area contributed by atoms with Gasteiger partial charge in [-0.2, -0.15) is 0 Å². The lowest BCUT2D eigenvalue weighted by atomic mass is 9.98. The Bertz CT molecular complexity index is 935. The van der Waals surface area contributed by atoms with Crippen LogP contribution in [0.15, 0.2) is 24.3 Å². The maximum absolute atomic E-state index is 13.0. The zero-order valence-electron chi connectivity index (χ0n) is 20.9. The van der Waals surface area contributed by atoms with E-state index in [9.17, 15) is 39.3 Å². The molecule has 1 aromatic carbocycles. The molecule has 5 atom stereocenters. The number of nitrogens with two attached hydrogens (primary N) is 1. The highest BCUT2D eigenvalue weighted by molar-refractivity contribution is 5.95. The van der Waals surface area contributed by atoms with Crippen LogP contribution in [0.4, 0.5) is 0 Å². The number of aliphatic carboxylic acids is 2. The van der Waals surface area contributed by atoms with Crippen molar-refractivity contribution in [2.45, 2.75) is 71.1 Å². The molecule has 1 aromatic rings. The summed E-state index contributed by atoms with van der Waals surface area (Å²) >= 11 is 0. The fourth-order valence-corrected chi connectivity index (χ4v) is 3.36. The zero-order chi connectivity index (χ0) is 27.6. The molecule has 12 heteroatoms. The van der Waals surface area contributed by atoms with Crippen LogP contribution in [0.1, 0.15) is 46.1 Å². The van der Waals surface area contributed by atoms with Crippen LogP contribution >= 0.6 is 0 Å². The molecule has 0 aliphatic carbocycles. The van der Waals surface area contributed by atoms with Crippen LogP contribution in [0, 0.1) is 11.8 Å². The van der Waals surface area contributed by atoms with Gasteiger partial charge in [-0.3, -0.25) is 19.2 Å². The van der Waals surface area contributed by atoms with Gasteiger partial charge in [0, 0.05) is 0 Å². The van der Waals surface area contributed by atoms with Crippen molar-refractivity contribution in [2.75, 3.05) is 0 Å². The number of phenols is 1. The largest absolute Gasteiger partial charge is 0.508 e. The molecule has 0 saturated heterocycles. The Morgan fingerprint density at radius 1 is 0.861 bits per heavy atom. The third kappa shape index (κ3) is 9.53. The van der Waals surface area contributed by atoms with Crippen LogP contribution in [-0.2, 0) is 30.4 Å². The predicted octanol–water partition coefficient (Wildman–Crippen LogP) is -0.0222. The van der Waals surface area contributed by atoms with E-state index in [2.05, 4.69) is 16.0 Å². The number of hydrogen-bond donors (Lipinski definition) is 7. The van der Waals surface area contributed by atoms with Gasteiger partial charge >= 0.3 is 11.9 Å². The number of hydrogen-bond acceptors (Lipinski definition) is 7. The maximum Gasteiger partial charge on any atom is 0.326 e. The van der Waals surface area contributed by atoms with Crippen LogP contribution in [0.25, 0.3) is 0 Å². The minimum Gasteiger partial charge on any atom is -0.508 e. The molecule has 0 aliphatic heterocycles. The molecule has 0 spiro atoms. The first-order valence-electron chi connectivity index (χ1n) is 11.7. The van der Waals surface area contributed by atoms with Crippen LogP contribution in [-0.4, -0.2) is 69.1 Å². The van der Waals surface area contributed by atoms with Crippen LogP contribution in [0.3, 0.4) is 0 Å². The van der Waals surface area contributed by atoms with E-state index in [4.69, 9.17) is 5.73 Å². The van der Waals surface area contributed by atoms with E-state index >= 15 is 0 Å². The highest BCUT2D eigenvalue weighted by Crippen LogP contribution is 2.12. The minimum absolute atomic E-state index is 0.0621. The normalized spacial score (nSPS) is 15.2. The van der Waals surface area contributed by atoms with E-state index < -0.39 is 72.1 Å². The smallest absolute Gasteiger partial charge is 0.326 e. The molecule has 8 N–H and O–H groups in total. The van der Waals surface area contributed by atoms with Crippen molar-refractivity contribution in [1.82, 2.24) is 16.0 Å². The van der Waals surface area contributed by atoms with Crippen molar-refractivity contribution < 1.29 is 39.3 Å². The SMILES string of the molecule is CCC(C)C(NC(=O)C(CC(=O)O)NC(=O)C(NC(=O)C(N)Cc1ccc(O)cc1)C(C)C)C(=O)O. The molecule has 5 unspecified atom stereocenters. The van der Waals surface area contributed by atoms with Gasteiger partial charge < -0.3 is 37.0 Å². The Morgan fingerprint density at radius 2 is 1.42 bits per heavy atom. The second-order valence-corrected chi connectivity index (χ2v) is 9.08. The van der Waals surface area contributed by atoms with Crippen molar-refractivity contribution in [2.24, 2.45) is 17.6 Å². The van der Waals surface area contributed by atoms with E-state index in [1.54, 1.807) is 39.8 Å². The number of aromatic hydroxyl groups is 1. The van der Waals surface area contributed by atoms with Gasteiger partial charge in [0.2, 0.25) is 17.7 Å². The number of rotatable bonds is 14. The number of carbonyl (C=O) groups excluding carboxylic acids is 3. The molecule has 1 rings (SSSR count). The van der Waals surface area contributed by atoms with Crippen molar-refractivity contribution in [3.05, 3.63) is 29.8 Å². The number of amides is 3. The van der Waals surface area contributed by atoms with Crippen molar-refractivity contribution >= 4 is 29.7 Å². The molecule has 0 fully saturated rings. The molecule has 0 saturated carbocycles. The number of carboxylic acids is 2. The van der Waals surface area contributed by atoms with Crippen LogP contribution < -0.4 is 21.7 Å². The summed E-state index contributed by atoms with van der Waals surface area (Å²) in [6.07, 6.45) is -0.211. The Balaban J connectivity index is 2.95. The minimum atomic E-state index is -1.57. The first kappa shape index (κ1) is 30.4. The number of carboxylic acid groups (broad SMARTS) is 2. The molecule has 12 nitrogen and oxygen atoms in total. The topological polar surface area (TPSA) is 208 Å². The number of nitrogens with one attached hydrogen (secondary N) is 3. The lowest BCUT2D eigenvalue weighted by molar-refractivity contribution is -0.144. The van der Waals surface area contributed by atoms with Gasteiger partial charge in [-0.1, -0.05) is 46.2 Å². The molecule has 0 aromatic heterocycles. The molecule has 3 amide bonds. The fourth-order valence-electron chi connectivity index (χ4n) is 3.36. The standard InChI is InChI=1S/C24H36N4O8/c1-5-13(4)20(24(35)36)28-22(33)17(11-18(30)31)26-23(34)19(12(2)3)27-21(32)16(25)10-14-6-8-15(29)9-7-14/h6-9,12-13,16-17,19-20,29H,5,10-11,25H2,1-4H3,(H,26,34)(H,27,32)(H,28,33)(H,30,31)(H,35,36). The van der Waals surface area contributed by atoms with E-state index in [0.717, 1.165) is 0 Å². The first-order valence-corrected chi connectivity index (χ1v) is 11.7. The molecule has 0 radical (unpaired) electrons. The second kappa shape index (κ2) is 14.0. The van der Waals surface area contributed by atoms with E-state index in [0.29, 0.717) is 12.0 Å². The number of carbonyl (C=O) groups is 5. The molecule has 36 heavy (non-hydrogen) atoms. The van der Waals surface area contributed by atoms with Gasteiger partial charge in [-0.05, 0) is 36.0 Å². The number of phenolic OH excluding ortho intramolecular Hbond substituents is 1. The molecular formula is C24H36N4O8. The highest BCUT2D eigenvalue weighted by atomic mass is 16.4. The first-order chi connectivity index (χ1) is 16.8. The lowest BCUT2D eigenvalue weighted by Crippen LogP contribution is -2.59. The summed E-state index contributed by atoms with van der Waals surface area (Å²) in [5.74, 6) is -5.91. The summed E-state index contributed by atoms with van der Waals surface area (Å²) in [7, 11) is 0.